The molecule has 1 aliphatic carbocycles. The first-order valence-electron chi connectivity index (χ1n) is 6.02. The number of para-hydroxylation sites is 1. The molecule has 3 rings (SSSR count). The van der Waals surface area contributed by atoms with Crippen molar-refractivity contribution < 1.29 is 14.3 Å². The Bertz CT molecular complexity index is 555. The van der Waals surface area contributed by atoms with Crippen molar-refractivity contribution >= 4 is 5.97 Å². The fourth-order valence-corrected chi connectivity index (χ4v) is 2.43. The molecule has 0 N–H and O–H groups in total. The summed E-state index contributed by atoms with van der Waals surface area (Å²) in [6.45, 7) is 0. The van der Waals surface area contributed by atoms with Gasteiger partial charge in [0.1, 0.15) is 11.5 Å². The van der Waals surface area contributed by atoms with Crippen molar-refractivity contribution in [3.63, 3.8) is 0 Å². The van der Waals surface area contributed by atoms with Crippen LogP contribution < -0.4 is 4.74 Å². The lowest BCUT2D eigenvalue weighted by Crippen LogP contribution is -2.21. The summed E-state index contributed by atoms with van der Waals surface area (Å²) in [5.41, 5.74) is 2.35. The van der Waals surface area contributed by atoms with Crippen LogP contribution in [0.3, 0.4) is 0 Å². The number of hydrogen-bond acceptors (Lipinski definition) is 3. The summed E-state index contributed by atoms with van der Waals surface area (Å²) in [6, 6.07) is 8.00. The summed E-state index contributed by atoms with van der Waals surface area (Å²) in [4.78, 5) is 11.6. The van der Waals surface area contributed by atoms with Gasteiger partial charge in [-0.25, -0.2) is 0 Å². The van der Waals surface area contributed by atoms with Crippen LogP contribution in [0.15, 0.2) is 47.7 Å². The molecule has 2 aliphatic rings. The lowest BCUT2D eigenvalue weighted by atomic mass is 9.88. The topological polar surface area (TPSA) is 35.5 Å². The summed E-state index contributed by atoms with van der Waals surface area (Å²) in [7, 11) is 1.42. The van der Waals surface area contributed by atoms with E-state index in [0.29, 0.717) is 6.42 Å². The molecule has 1 aromatic carbocycles. The summed E-state index contributed by atoms with van der Waals surface area (Å²) >= 11 is 0. The van der Waals surface area contributed by atoms with Gasteiger partial charge in [0.15, 0.2) is 0 Å². The van der Waals surface area contributed by atoms with Crippen molar-refractivity contribution in [2.75, 3.05) is 7.11 Å². The van der Waals surface area contributed by atoms with Gasteiger partial charge in [-0.3, -0.25) is 4.79 Å². The first-order valence-corrected chi connectivity index (χ1v) is 6.02. The van der Waals surface area contributed by atoms with E-state index in [0.717, 1.165) is 17.9 Å². The van der Waals surface area contributed by atoms with Crippen molar-refractivity contribution in [3.8, 4) is 5.75 Å². The molecule has 0 radical (unpaired) electrons. The highest BCUT2D eigenvalue weighted by Crippen LogP contribution is 2.36. The highest BCUT2D eigenvalue weighted by atomic mass is 16.5. The van der Waals surface area contributed by atoms with Crippen LogP contribution in [0.4, 0.5) is 0 Å². The molecule has 1 aliphatic heterocycles. The predicted molar refractivity (Wildman–Crippen MR) is 67.1 cm³/mol. The van der Waals surface area contributed by atoms with E-state index >= 15 is 0 Å². The van der Waals surface area contributed by atoms with Gasteiger partial charge >= 0.3 is 5.97 Å². The molecule has 0 fully saturated rings. The lowest BCUT2D eigenvalue weighted by Gasteiger charge is -2.26. The van der Waals surface area contributed by atoms with Gasteiger partial charge in [0.2, 0.25) is 0 Å². The van der Waals surface area contributed by atoms with Crippen molar-refractivity contribution in [1.29, 1.82) is 0 Å². The fourth-order valence-electron chi connectivity index (χ4n) is 2.43. The zero-order chi connectivity index (χ0) is 12.5. The molecule has 0 saturated carbocycles. The number of ether oxygens (including phenoxy) is 2. The molecule has 1 aromatic rings. The number of rotatable bonds is 1. The molecule has 1 atom stereocenters. The quantitative estimate of drug-likeness (QED) is 0.710. The van der Waals surface area contributed by atoms with Gasteiger partial charge in [-0.05, 0) is 29.7 Å². The Balaban J connectivity index is 1.86. The number of fused-ring (bicyclic) bond motifs is 1. The first kappa shape index (κ1) is 11.1. The number of carbonyl (C=O) groups excluding carboxylic acids is 1. The van der Waals surface area contributed by atoms with E-state index in [9.17, 15) is 4.79 Å². The maximum Gasteiger partial charge on any atom is 0.312 e. The number of esters is 1. The van der Waals surface area contributed by atoms with E-state index in [1.807, 2.05) is 30.4 Å². The molecule has 0 aromatic heterocycles. The molecular weight excluding hydrogens is 228 g/mol. The minimum absolute atomic E-state index is 0.178. The van der Waals surface area contributed by atoms with Gasteiger partial charge in [-0.1, -0.05) is 24.3 Å². The van der Waals surface area contributed by atoms with Crippen LogP contribution >= 0.6 is 0 Å². The van der Waals surface area contributed by atoms with E-state index in [1.54, 1.807) is 0 Å². The molecule has 0 saturated heterocycles. The summed E-state index contributed by atoms with van der Waals surface area (Å²) in [5, 5.41) is 0. The van der Waals surface area contributed by atoms with E-state index in [1.165, 1.54) is 18.2 Å². The van der Waals surface area contributed by atoms with Crippen LogP contribution in [-0.2, 0) is 16.0 Å². The molecule has 3 heteroatoms. The summed E-state index contributed by atoms with van der Waals surface area (Å²) < 4.78 is 10.6. The molecule has 18 heavy (non-hydrogen) atoms. The smallest absolute Gasteiger partial charge is 0.312 e. The second-order valence-corrected chi connectivity index (χ2v) is 4.55. The van der Waals surface area contributed by atoms with Crippen LogP contribution in [0.2, 0.25) is 0 Å². The Labute approximate surface area is 106 Å². The van der Waals surface area contributed by atoms with Crippen LogP contribution in [0.1, 0.15) is 12.0 Å². The van der Waals surface area contributed by atoms with Crippen LogP contribution in [0.5, 0.6) is 5.75 Å². The molecular formula is C15H14O3. The Morgan fingerprint density at radius 3 is 3.06 bits per heavy atom. The van der Waals surface area contributed by atoms with Gasteiger partial charge in [-0.15, -0.1) is 0 Å². The SMILES string of the molecule is COC(=O)[C@H]1C=CC2=C(Cc3ccccc3O2)C1. The highest BCUT2D eigenvalue weighted by molar-refractivity contribution is 5.75. The van der Waals surface area contributed by atoms with Crippen molar-refractivity contribution in [1.82, 2.24) is 0 Å². The zero-order valence-corrected chi connectivity index (χ0v) is 10.2. The normalized spacial score (nSPS) is 20.8. The minimum Gasteiger partial charge on any atom is -0.469 e. The van der Waals surface area contributed by atoms with Gasteiger partial charge in [0.05, 0.1) is 13.0 Å². The van der Waals surface area contributed by atoms with E-state index < -0.39 is 0 Å². The molecule has 0 unspecified atom stereocenters. The minimum atomic E-state index is -0.184. The van der Waals surface area contributed by atoms with Crippen molar-refractivity contribution in [2.24, 2.45) is 5.92 Å². The number of allylic oxidation sites excluding steroid dienone is 2. The average molecular weight is 242 g/mol. The largest absolute Gasteiger partial charge is 0.469 e. The van der Waals surface area contributed by atoms with Gasteiger partial charge in [-0.2, -0.15) is 0 Å². The average Bonchev–Trinajstić information content (AvgIpc) is 2.43. The van der Waals surface area contributed by atoms with Gasteiger partial charge in [0, 0.05) is 6.42 Å². The van der Waals surface area contributed by atoms with Crippen molar-refractivity contribution in [2.45, 2.75) is 12.8 Å². The maximum absolute atomic E-state index is 11.6. The second kappa shape index (κ2) is 4.33. The third kappa shape index (κ3) is 1.82. The van der Waals surface area contributed by atoms with Crippen molar-refractivity contribution in [3.05, 3.63) is 53.3 Å². The number of methoxy groups -OCH3 is 1. The summed E-state index contributed by atoms with van der Waals surface area (Å²) in [6.07, 6.45) is 5.28. The third-order valence-electron chi connectivity index (χ3n) is 3.39. The van der Waals surface area contributed by atoms with Crippen LogP contribution in [0.25, 0.3) is 0 Å². The molecule has 0 bridgehead atoms. The van der Waals surface area contributed by atoms with Crippen LogP contribution in [0, 0.1) is 5.92 Å². The Morgan fingerprint density at radius 2 is 2.22 bits per heavy atom. The summed E-state index contributed by atoms with van der Waals surface area (Å²) in [5.74, 6) is 1.44. The molecule has 3 nitrogen and oxygen atoms in total. The predicted octanol–water partition coefficient (Wildman–Crippen LogP) is 2.62. The number of carbonyl (C=O) groups is 1. The third-order valence-corrected chi connectivity index (χ3v) is 3.39. The Hall–Kier alpha value is -2.03. The monoisotopic (exact) mass is 242 g/mol. The Kier molecular flexibility index (Phi) is 2.67. The molecule has 0 amide bonds. The Morgan fingerprint density at radius 1 is 1.39 bits per heavy atom. The number of hydrogen-bond donors (Lipinski definition) is 0. The zero-order valence-electron chi connectivity index (χ0n) is 10.2. The second-order valence-electron chi connectivity index (χ2n) is 4.55. The first-order chi connectivity index (χ1) is 8.78. The molecule has 92 valence electrons. The fraction of sp³-hybridized carbons (Fsp3) is 0.267. The lowest BCUT2D eigenvalue weighted by molar-refractivity contribution is -0.143. The van der Waals surface area contributed by atoms with Gasteiger partial charge in [0.25, 0.3) is 0 Å². The van der Waals surface area contributed by atoms with Gasteiger partial charge < -0.3 is 9.47 Å². The van der Waals surface area contributed by atoms with E-state index in [2.05, 4.69) is 6.07 Å². The van der Waals surface area contributed by atoms with E-state index in [-0.39, 0.29) is 11.9 Å². The highest BCUT2D eigenvalue weighted by Gasteiger charge is 2.27. The van der Waals surface area contributed by atoms with Crippen LogP contribution in [-0.4, -0.2) is 13.1 Å². The van der Waals surface area contributed by atoms with E-state index in [4.69, 9.17) is 9.47 Å². The maximum atomic E-state index is 11.6. The number of benzene rings is 1. The molecule has 1 heterocycles. The molecule has 0 spiro atoms. The standard InChI is InChI=1S/C15H14O3/c1-17-15(16)11-6-7-14-12(9-11)8-10-4-2-3-5-13(10)18-14/h2-7,11H,8-9H2,1H3/t11-/m0/s1.